The molecule has 176 valence electrons. The third-order valence-electron chi connectivity index (χ3n) is 7.09. The molecule has 1 amide bonds. The quantitative estimate of drug-likeness (QED) is 0.500. The Morgan fingerprint density at radius 2 is 1.88 bits per heavy atom. The van der Waals surface area contributed by atoms with E-state index in [0.29, 0.717) is 18.6 Å². The number of likely N-dealkylation sites (tertiary alicyclic amines) is 1. The molecule has 32 heavy (non-hydrogen) atoms. The predicted molar refractivity (Wildman–Crippen MR) is 126 cm³/mol. The summed E-state index contributed by atoms with van der Waals surface area (Å²) in [6.07, 6.45) is 10.5. The molecular weight excluding hydrogens is 404 g/mol. The number of amides is 1. The van der Waals surface area contributed by atoms with E-state index in [-0.39, 0.29) is 12.0 Å². The van der Waals surface area contributed by atoms with Crippen molar-refractivity contribution in [1.29, 1.82) is 0 Å². The van der Waals surface area contributed by atoms with Gasteiger partial charge in [-0.25, -0.2) is 0 Å². The van der Waals surface area contributed by atoms with Gasteiger partial charge >= 0.3 is 0 Å². The van der Waals surface area contributed by atoms with Crippen LogP contribution < -0.4 is 20.1 Å². The fourth-order valence-corrected chi connectivity index (χ4v) is 5.18. The van der Waals surface area contributed by atoms with Crippen molar-refractivity contribution in [3.63, 3.8) is 0 Å². The number of carbonyl (C=O) groups excluding carboxylic acids is 1. The van der Waals surface area contributed by atoms with Gasteiger partial charge in [0.1, 0.15) is 11.5 Å². The number of nitrogens with one attached hydrogen (secondary N) is 2. The average molecular weight is 443 g/mol. The van der Waals surface area contributed by atoms with Crippen molar-refractivity contribution in [2.75, 3.05) is 27.2 Å². The lowest BCUT2D eigenvalue weighted by Gasteiger charge is -2.22. The van der Waals surface area contributed by atoms with Crippen molar-refractivity contribution in [3.8, 4) is 11.5 Å². The monoisotopic (exact) mass is 442 g/mol. The molecule has 0 bridgehead atoms. The number of ether oxygens (including phenoxy) is 2. The summed E-state index contributed by atoms with van der Waals surface area (Å²) in [5.41, 5.74) is 1.09. The summed E-state index contributed by atoms with van der Waals surface area (Å²) in [6, 6.07) is 6.24. The Balaban J connectivity index is 1.31. The maximum absolute atomic E-state index is 12.7. The summed E-state index contributed by atoms with van der Waals surface area (Å²) in [7, 11) is 3.47. The lowest BCUT2D eigenvalue weighted by molar-refractivity contribution is -0.134. The lowest BCUT2D eigenvalue weighted by atomic mass is 10.1. The minimum Gasteiger partial charge on any atom is -0.497 e. The maximum atomic E-state index is 12.7. The standard InChI is InChI=1S/C25H38N4O3/c1-26-25(28-20-13-14-29(17-20)24(30)18-7-3-4-8-18)27-16-19-11-12-22(31-2)15-23(19)32-21-9-5-6-10-21/h11-12,15,18,20-21H,3-10,13-14,16-17H2,1-2H3,(H2,26,27,28). The third kappa shape index (κ3) is 5.67. The molecule has 1 unspecified atom stereocenters. The molecule has 0 aromatic heterocycles. The first-order valence-electron chi connectivity index (χ1n) is 12.3. The van der Waals surface area contributed by atoms with Gasteiger partial charge in [0.05, 0.1) is 13.2 Å². The molecule has 2 saturated carbocycles. The van der Waals surface area contributed by atoms with E-state index in [1.165, 1.54) is 25.7 Å². The number of benzene rings is 1. The first-order valence-corrected chi connectivity index (χ1v) is 12.3. The molecule has 3 fully saturated rings. The number of guanidine groups is 1. The Bertz CT molecular complexity index is 800. The van der Waals surface area contributed by atoms with Crippen LogP contribution in [-0.4, -0.2) is 56.2 Å². The van der Waals surface area contributed by atoms with Gasteiger partial charge in [0.15, 0.2) is 5.96 Å². The SMILES string of the molecule is CN=C(NCc1ccc(OC)cc1OC1CCCC1)NC1CCN(C(=O)C2CCCC2)C1. The second-order valence-electron chi connectivity index (χ2n) is 9.32. The highest BCUT2D eigenvalue weighted by Crippen LogP contribution is 2.30. The van der Waals surface area contributed by atoms with Crippen LogP contribution >= 0.6 is 0 Å². The van der Waals surface area contributed by atoms with Crippen LogP contribution in [0, 0.1) is 5.92 Å². The topological polar surface area (TPSA) is 75.2 Å². The molecule has 1 aromatic rings. The Hall–Kier alpha value is -2.44. The van der Waals surface area contributed by atoms with Gasteiger partial charge in [-0.15, -0.1) is 0 Å². The van der Waals surface area contributed by atoms with Crippen molar-refractivity contribution in [2.24, 2.45) is 10.9 Å². The van der Waals surface area contributed by atoms with Gasteiger partial charge in [-0.05, 0) is 57.1 Å². The summed E-state index contributed by atoms with van der Waals surface area (Å²) < 4.78 is 11.7. The van der Waals surface area contributed by atoms with E-state index in [1.807, 2.05) is 17.0 Å². The smallest absolute Gasteiger partial charge is 0.225 e. The molecule has 0 radical (unpaired) electrons. The van der Waals surface area contributed by atoms with Crippen LogP contribution in [0.1, 0.15) is 63.4 Å². The summed E-state index contributed by atoms with van der Waals surface area (Å²) in [5.74, 6) is 3.05. The summed E-state index contributed by atoms with van der Waals surface area (Å²) >= 11 is 0. The van der Waals surface area contributed by atoms with E-state index < -0.39 is 0 Å². The highest BCUT2D eigenvalue weighted by molar-refractivity contribution is 5.81. The van der Waals surface area contributed by atoms with Crippen LogP contribution in [-0.2, 0) is 11.3 Å². The molecule has 2 aliphatic carbocycles. The first kappa shape index (κ1) is 22.7. The number of methoxy groups -OCH3 is 1. The molecule has 1 heterocycles. The largest absolute Gasteiger partial charge is 0.497 e. The van der Waals surface area contributed by atoms with E-state index in [1.54, 1.807) is 14.2 Å². The number of nitrogens with zero attached hydrogens (tertiary/aromatic N) is 2. The summed E-state index contributed by atoms with van der Waals surface area (Å²) in [4.78, 5) is 19.2. The van der Waals surface area contributed by atoms with Crippen LogP contribution in [0.25, 0.3) is 0 Å². The molecule has 7 nitrogen and oxygen atoms in total. The van der Waals surface area contributed by atoms with Crippen molar-refractivity contribution in [2.45, 2.75) is 76.5 Å². The molecule has 4 rings (SSSR count). The third-order valence-corrected chi connectivity index (χ3v) is 7.09. The number of aliphatic imine (C=N–C) groups is 1. The summed E-state index contributed by atoms with van der Waals surface area (Å²) in [5, 5.41) is 6.94. The molecule has 1 saturated heterocycles. The average Bonchev–Trinajstić information content (AvgIpc) is 3.60. The van der Waals surface area contributed by atoms with Crippen molar-refractivity contribution in [3.05, 3.63) is 23.8 Å². The van der Waals surface area contributed by atoms with Gasteiger partial charge < -0.3 is 25.0 Å². The van der Waals surface area contributed by atoms with Crippen LogP contribution in [0.3, 0.4) is 0 Å². The van der Waals surface area contributed by atoms with Crippen molar-refractivity contribution >= 4 is 11.9 Å². The van der Waals surface area contributed by atoms with E-state index in [2.05, 4.69) is 21.7 Å². The van der Waals surface area contributed by atoms with E-state index >= 15 is 0 Å². The van der Waals surface area contributed by atoms with Gasteiger partial charge in [0, 0.05) is 50.3 Å². The minimum atomic E-state index is 0.233. The van der Waals surface area contributed by atoms with Crippen LogP contribution in [0.15, 0.2) is 23.2 Å². The zero-order valence-corrected chi connectivity index (χ0v) is 19.6. The van der Waals surface area contributed by atoms with E-state index in [4.69, 9.17) is 9.47 Å². The first-order chi connectivity index (χ1) is 15.7. The fraction of sp³-hybridized carbons (Fsp3) is 0.680. The Kier molecular flexibility index (Phi) is 7.76. The van der Waals surface area contributed by atoms with Gasteiger partial charge in [0.25, 0.3) is 0 Å². The zero-order valence-electron chi connectivity index (χ0n) is 19.6. The molecule has 1 atom stereocenters. The highest BCUT2D eigenvalue weighted by atomic mass is 16.5. The van der Waals surface area contributed by atoms with Crippen molar-refractivity contribution < 1.29 is 14.3 Å². The van der Waals surface area contributed by atoms with E-state index in [0.717, 1.165) is 68.2 Å². The minimum absolute atomic E-state index is 0.233. The number of carbonyl (C=O) groups is 1. The number of rotatable bonds is 7. The molecule has 3 aliphatic rings. The second kappa shape index (κ2) is 10.9. The van der Waals surface area contributed by atoms with Crippen molar-refractivity contribution in [1.82, 2.24) is 15.5 Å². The molecule has 0 spiro atoms. The van der Waals surface area contributed by atoms with Gasteiger partial charge in [-0.2, -0.15) is 0 Å². The highest BCUT2D eigenvalue weighted by Gasteiger charge is 2.32. The fourth-order valence-electron chi connectivity index (χ4n) is 5.18. The van der Waals surface area contributed by atoms with E-state index in [9.17, 15) is 4.79 Å². The Morgan fingerprint density at radius 1 is 1.12 bits per heavy atom. The summed E-state index contributed by atoms with van der Waals surface area (Å²) in [6.45, 7) is 2.21. The molecule has 2 N–H and O–H groups in total. The molecule has 7 heteroatoms. The van der Waals surface area contributed by atoms with Crippen LogP contribution in [0.4, 0.5) is 0 Å². The molecular formula is C25H38N4O3. The molecule has 1 aromatic carbocycles. The van der Waals surface area contributed by atoms with Gasteiger partial charge in [-0.1, -0.05) is 12.8 Å². The zero-order chi connectivity index (χ0) is 22.3. The maximum Gasteiger partial charge on any atom is 0.225 e. The van der Waals surface area contributed by atoms with Crippen LogP contribution in [0.5, 0.6) is 11.5 Å². The predicted octanol–water partition coefficient (Wildman–Crippen LogP) is 3.47. The number of hydrogen-bond donors (Lipinski definition) is 2. The lowest BCUT2D eigenvalue weighted by Crippen LogP contribution is -2.45. The molecule has 1 aliphatic heterocycles. The number of hydrogen-bond acceptors (Lipinski definition) is 4. The Labute approximate surface area is 191 Å². The Morgan fingerprint density at radius 3 is 2.59 bits per heavy atom. The van der Waals surface area contributed by atoms with Gasteiger partial charge in [-0.3, -0.25) is 9.79 Å². The normalized spacial score (nSPS) is 22.4. The van der Waals surface area contributed by atoms with Crippen LogP contribution in [0.2, 0.25) is 0 Å². The second-order valence-corrected chi connectivity index (χ2v) is 9.32. The van der Waals surface area contributed by atoms with Gasteiger partial charge in [0.2, 0.25) is 5.91 Å².